The van der Waals surface area contributed by atoms with Crippen LogP contribution in [0, 0.1) is 11.3 Å². The van der Waals surface area contributed by atoms with E-state index in [-0.39, 0.29) is 0 Å². The summed E-state index contributed by atoms with van der Waals surface area (Å²) in [7, 11) is 0. The minimum atomic E-state index is 0.589. The van der Waals surface area contributed by atoms with Gasteiger partial charge in [-0.15, -0.1) is 0 Å². The molecule has 0 bridgehead atoms. The van der Waals surface area contributed by atoms with Crippen LogP contribution in [0.2, 0.25) is 0 Å². The van der Waals surface area contributed by atoms with Crippen LogP contribution in [0.1, 0.15) is 40.0 Å². The number of hydrogen-bond acceptors (Lipinski definition) is 2. The first kappa shape index (κ1) is 11.4. The van der Waals surface area contributed by atoms with Gasteiger partial charge < -0.3 is 10.2 Å². The maximum atomic E-state index is 3.63. The number of hydrogen-bond donors (Lipinski definition) is 1. The summed E-state index contributed by atoms with van der Waals surface area (Å²) in [5, 5.41) is 3.63. The van der Waals surface area contributed by atoms with E-state index in [0.717, 1.165) is 12.0 Å². The molecule has 0 aromatic carbocycles. The van der Waals surface area contributed by atoms with Gasteiger partial charge in [-0.1, -0.05) is 20.8 Å². The van der Waals surface area contributed by atoms with Crippen LogP contribution < -0.4 is 5.32 Å². The van der Waals surface area contributed by atoms with Crippen molar-refractivity contribution in [2.45, 2.75) is 46.1 Å². The van der Waals surface area contributed by atoms with Crippen molar-refractivity contribution >= 4 is 0 Å². The van der Waals surface area contributed by atoms with Gasteiger partial charge in [-0.05, 0) is 50.2 Å². The predicted octanol–water partition coefficient (Wildman–Crippen LogP) is 2.11. The second-order valence-electron chi connectivity index (χ2n) is 6.29. The molecule has 2 heterocycles. The lowest BCUT2D eigenvalue weighted by Crippen LogP contribution is -2.45. The highest BCUT2D eigenvalue weighted by Gasteiger charge is 2.29. The molecule has 2 aliphatic rings. The van der Waals surface area contributed by atoms with E-state index >= 15 is 0 Å². The van der Waals surface area contributed by atoms with E-state index in [9.17, 15) is 0 Å². The van der Waals surface area contributed by atoms with Crippen molar-refractivity contribution in [1.82, 2.24) is 10.2 Å². The van der Waals surface area contributed by atoms with Crippen LogP contribution in [0.3, 0.4) is 0 Å². The van der Waals surface area contributed by atoms with Crippen LogP contribution in [0.15, 0.2) is 0 Å². The molecule has 88 valence electrons. The molecule has 2 unspecified atom stereocenters. The van der Waals surface area contributed by atoms with Gasteiger partial charge in [0.05, 0.1) is 0 Å². The second-order valence-corrected chi connectivity index (χ2v) is 6.29. The van der Waals surface area contributed by atoms with E-state index in [0.29, 0.717) is 5.41 Å². The minimum absolute atomic E-state index is 0.589. The molecule has 0 amide bonds. The van der Waals surface area contributed by atoms with Gasteiger partial charge in [0.25, 0.3) is 0 Å². The summed E-state index contributed by atoms with van der Waals surface area (Å²) < 4.78 is 0. The summed E-state index contributed by atoms with van der Waals surface area (Å²) >= 11 is 0. The van der Waals surface area contributed by atoms with Gasteiger partial charge in [-0.25, -0.2) is 0 Å². The SMILES string of the molecule is CC1CCNC1CN1CCC(C)(C)CC1. The molecule has 0 aliphatic carbocycles. The van der Waals surface area contributed by atoms with Crippen molar-refractivity contribution in [3.63, 3.8) is 0 Å². The molecule has 0 aromatic heterocycles. The zero-order chi connectivity index (χ0) is 10.9. The van der Waals surface area contributed by atoms with E-state index < -0.39 is 0 Å². The topological polar surface area (TPSA) is 15.3 Å². The molecule has 15 heavy (non-hydrogen) atoms. The van der Waals surface area contributed by atoms with Crippen LogP contribution >= 0.6 is 0 Å². The van der Waals surface area contributed by atoms with Crippen molar-refractivity contribution in [3.8, 4) is 0 Å². The molecule has 2 fully saturated rings. The molecule has 2 heteroatoms. The first-order valence-electron chi connectivity index (χ1n) is 6.53. The highest BCUT2D eigenvalue weighted by atomic mass is 15.2. The van der Waals surface area contributed by atoms with Gasteiger partial charge in [-0.3, -0.25) is 0 Å². The van der Waals surface area contributed by atoms with Gasteiger partial charge in [-0.2, -0.15) is 0 Å². The summed E-state index contributed by atoms with van der Waals surface area (Å²) in [6.07, 6.45) is 4.10. The van der Waals surface area contributed by atoms with Crippen molar-refractivity contribution in [2.75, 3.05) is 26.2 Å². The smallest absolute Gasteiger partial charge is 0.0221 e. The van der Waals surface area contributed by atoms with Crippen molar-refractivity contribution < 1.29 is 0 Å². The maximum absolute atomic E-state index is 3.63. The van der Waals surface area contributed by atoms with Gasteiger partial charge in [0, 0.05) is 12.6 Å². The van der Waals surface area contributed by atoms with E-state index in [1.807, 2.05) is 0 Å². The Kier molecular flexibility index (Phi) is 3.36. The number of nitrogens with zero attached hydrogens (tertiary/aromatic N) is 1. The average Bonchev–Trinajstić information content (AvgIpc) is 2.56. The summed E-state index contributed by atoms with van der Waals surface area (Å²) in [5.41, 5.74) is 0.589. The Bertz CT molecular complexity index is 203. The minimum Gasteiger partial charge on any atom is -0.312 e. The monoisotopic (exact) mass is 210 g/mol. The van der Waals surface area contributed by atoms with E-state index in [4.69, 9.17) is 0 Å². The number of nitrogens with one attached hydrogen (secondary N) is 1. The molecule has 0 aromatic rings. The lowest BCUT2D eigenvalue weighted by molar-refractivity contribution is 0.120. The Balaban J connectivity index is 1.77. The summed E-state index contributed by atoms with van der Waals surface area (Å²) in [5.74, 6) is 0.875. The fraction of sp³-hybridized carbons (Fsp3) is 1.00. The van der Waals surface area contributed by atoms with Crippen LogP contribution in [-0.4, -0.2) is 37.1 Å². The molecule has 2 nitrogen and oxygen atoms in total. The number of likely N-dealkylation sites (tertiary alicyclic amines) is 1. The Hall–Kier alpha value is -0.0800. The molecule has 0 spiro atoms. The number of piperidine rings is 1. The maximum Gasteiger partial charge on any atom is 0.0221 e. The second kappa shape index (κ2) is 4.42. The Morgan fingerprint density at radius 1 is 1.27 bits per heavy atom. The first-order valence-corrected chi connectivity index (χ1v) is 6.53. The quantitative estimate of drug-likeness (QED) is 0.751. The molecular weight excluding hydrogens is 184 g/mol. The summed E-state index contributed by atoms with van der Waals surface area (Å²) in [4.78, 5) is 2.66. The van der Waals surface area contributed by atoms with Crippen LogP contribution in [0.25, 0.3) is 0 Å². The largest absolute Gasteiger partial charge is 0.312 e. The highest BCUT2D eigenvalue weighted by molar-refractivity contribution is 4.86. The van der Waals surface area contributed by atoms with Crippen LogP contribution in [0.4, 0.5) is 0 Å². The van der Waals surface area contributed by atoms with Crippen molar-refractivity contribution in [2.24, 2.45) is 11.3 Å². The van der Waals surface area contributed by atoms with Gasteiger partial charge in [0.2, 0.25) is 0 Å². The fourth-order valence-corrected chi connectivity index (χ4v) is 2.76. The molecular formula is C13H26N2. The predicted molar refractivity (Wildman–Crippen MR) is 65.0 cm³/mol. The lowest BCUT2D eigenvalue weighted by Gasteiger charge is -2.38. The summed E-state index contributed by atoms with van der Waals surface area (Å²) in [6.45, 7) is 12.3. The standard InChI is InChI=1S/C13H26N2/c1-11-4-7-14-12(11)10-15-8-5-13(2,3)6-9-15/h11-12,14H,4-10H2,1-3H3. The van der Waals surface area contributed by atoms with Gasteiger partial charge in [0.1, 0.15) is 0 Å². The molecule has 2 saturated heterocycles. The highest BCUT2D eigenvalue weighted by Crippen LogP contribution is 2.30. The third-order valence-corrected chi connectivity index (χ3v) is 4.36. The summed E-state index contributed by atoms with van der Waals surface area (Å²) in [6, 6.07) is 0.756. The third-order valence-electron chi connectivity index (χ3n) is 4.36. The fourth-order valence-electron chi connectivity index (χ4n) is 2.76. The Labute approximate surface area is 94.4 Å². The average molecular weight is 210 g/mol. The number of rotatable bonds is 2. The van der Waals surface area contributed by atoms with Gasteiger partial charge >= 0.3 is 0 Å². The third kappa shape index (κ3) is 2.94. The van der Waals surface area contributed by atoms with E-state index in [2.05, 4.69) is 31.0 Å². The molecule has 2 rings (SSSR count). The lowest BCUT2D eigenvalue weighted by atomic mass is 9.82. The molecule has 1 N–H and O–H groups in total. The zero-order valence-electron chi connectivity index (χ0n) is 10.6. The molecule has 2 aliphatic heterocycles. The Morgan fingerprint density at radius 3 is 2.47 bits per heavy atom. The van der Waals surface area contributed by atoms with E-state index in [1.165, 1.54) is 45.4 Å². The molecule has 0 radical (unpaired) electrons. The Morgan fingerprint density at radius 2 is 1.93 bits per heavy atom. The van der Waals surface area contributed by atoms with Crippen molar-refractivity contribution in [3.05, 3.63) is 0 Å². The van der Waals surface area contributed by atoms with Crippen LogP contribution in [-0.2, 0) is 0 Å². The molecule has 0 saturated carbocycles. The van der Waals surface area contributed by atoms with Crippen molar-refractivity contribution in [1.29, 1.82) is 0 Å². The van der Waals surface area contributed by atoms with Gasteiger partial charge in [0.15, 0.2) is 0 Å². The molecule has 2 atom stereocenters. The first-order chi connectivity index (χ1) is 7.07. The van der Waals surface area contributed by atoms with Crippen LogP contribution in [0.5, 0.6) is 0 Å². The van der Waals surface area contributed by atoms with E-state index in [1.54, 1.807) is 0 Å². The normalized spacial score (nSPS) is 37.0. The zero-order valence-corrected chi connectivity index (χ0v) is 10.6.